The molecule has 0 aliphatic rings. The zero-order chi connectivity index (χ0) is 17.3. The lowest BCUT2D eigenvalue weighted by molar-refractivity contribution is -0.116. The van der Waals surface area contributed by atoms with Gasteiger partial charge in [-0.1, -0.05) is 12.1 Å². The minimum Gasteiger partial charge on any atom is -0.465 e. The van der Waals surface area contributed by atoms with Gasteiger partial charge in [-0.05, 0) is 32.0 Å². The number of esters is 1. The van der Waals surface area contributed by atoms with Gasteiger partial charge in [0.15, 0.2) is 0 Å². The van der Waals surface area contributed by atoms with Crippen molar-refractivity contribution in [2.24, 2.45) is 0 Å². The summed E-state index contributed by atoms with van der Waals surface area (Å²) in [7, 11) is 1.32. The third kappa shape index (κ3) is 3.03. The molecule has 3 rings (SSSR count). The minimum absolute atomic E-state index is 0.129. The first kappa shape index (κ1) is 16.2. The van der Waals surface area contributed by atoms with E-state index in [0.717, 1.165) is 21.7 Å². The lowest BCUT2D eigenvalue weighted by Gasteiger charge is -2.08. The number of methoxy groups -OCH3 is 1. The predicted octanol–water partition coefficient (Wildman–Crippen LogP) is 3.14. The van der Waals surface area contributed by atoms with Crippen molar-refractivity contribution < 1.29 is 14.3 Å². The Balaban J connectivity index is 1.83. The van der Waals surface area contributed by atoms with E-state index in [0.29, 0.717) is 10.6 Å². The molecule has 0 saturated carbocycles. The van der Waals surface area contributed by atoms with Crippen molar-refractivity contribution in [2.45, 2.75) is 20.4 Å². The van der Waals surface area contributed by atoms with Crippen LogP contribution in [-0.2, 0) is 16.1 Å². The molecule has 2 heterocycles. The van der Waals surface area contributed by atoms with E-state index in [-0.39, 0.29) is 12.5 Å². The Morgan fingerprint density at radius 1 is 1.29 bits per heavy atom. The Morgan fingerprint density at radius 3 is 2.79 bits per heavy atom. The highest BCUT2D eigenvalue weighted by molar-refractivity contribution is 7.16. The van der Waals surface area contributed by atoms with Crippen LogP contribution in [0.2, 0.25) is 0 Å². The van der Waals surface area contributed by atoms with Crippen LogP contribution in [0.25, 0.3) is 11.0 Å². The fourth-order valence-electron chi connectivity index (χ4n) is 2.57. The van der Waals surface area contributed by atoms with E-state index in [2.05, 4.69) is 10.3 Å². The Labute approximate surface area is 143 Å². The molecular weight excluding hydrogens is 326 g/mol. The molecule has 0 spiro atoms. The summed E-state index contributed by atoms with van der Waals surface area (Å²) >= 11 is 1.35. The number of carbonyl (C=O) groups is 2. The highest BCUT2D eigenvalue weighted by Crippen LogP contribution is 2.28. The topological polar surface area (TPSA) is 73.2 Å². The second kappa shape index (κ2) is 6.45. The predicted molar refractivity (Wildman–Crippen MR) is 93.5 cm³/mol. The number of anilines is 1. The van der Waals surface area contributed by atoms with Gasteiger partial charge in [0.25, 0.3) is 0 Å². The summed E-state index contributed by atoms with van der Waals surface area (Å²) in [6.45, 7) is 3.87. The van der Waals surface area contributed by atoms with Crippen LogP contribution in [0.5, 0.6) is 0 Å². The Morgan fingerprint density at radius 2 is 2.04 bits per heavy atom. The van der Waals surface area contributed by atoms with Crippen LogP contribution < -0.4 is 5.32 Å². The van der Waals surface area contributed by atoms with Crippen LogP contribution >= 0.6 is 11.3 Å². The average molecular weight is 343 g/mol. The summed E-state index contributed by atoms with van der Waals surface area (Å²) in [5, 5.41) is 3.31. The Bertz CT molecular complexity index is 926. The molecule has 0 aliphatic heterocycles. The summed E-state index contributed by atoms with van der Waals surface area (Å²) in [6.07, 6.45) is 0. The van der Waals surface area contributed by atoms with Crippen molar-refractivity contribution in [1.82, 2.24) is 9.55 Å². The first-order valence-electron chi connectivity index (χ1n) is 7.40. The number of thiophene rings is 1. The lowest BCUT2D eigenvalue weighted by atomic mass is 10.3. The maximum absolute atomic E-state index is 12.4. The maximum Gasteiger partial charge on any atom is 0.340 e. The van der Waals surface area contributed by atoms with Crippen molar-refractivity contribution >= 4 is 39.2 Å². The Hall–Kier alpha value is -2.67. The molecule has 0 atom stereocenters. The first-order valence-corrected chi connectivity index (χ1v) is 8.21. The molecule has 0 saturated heterocycles. The smallest absolute Gasteiger partial charge is 0.340 e. The molecule has 6 nitrogen and oxygen atoms in total. The van der Waals surface area contributed by atoms with Crippen LogP contribution in [-0.4, -0.2) is 28.5 Å². The maximum atomic E-state index is 12.4. The number of ether oxygens (including phenoxy) is 1. The molecule has 124 valence electrons. The standard InChI is InChI=1S/C17H17N3O3S/c1-10-8-12(17(22)23-3)16(24-10)19-15(21)9-20-11(2)18-13-6-4-5-7-14(13)20/h4-8H,9H2,1-3H3,(H,19,21). The fraction of sp³-hybridized carbons (Fsp3) is 0.235. The largest absolute Gasteiger partial charge is 0.465 e. The number of rotatable bonds is 4. The Kier molecular flexibility index (Phi) is 4.35. The molecule has 1 amide bonds. The molecular formula is C17H17N3O3S. The number of hydrogen-bond acceptors (Lipinski definition) is 5. The number of nitrogens with one attached hydrogen (secondary N) is 1. The zero-order valence-electron chi connectivity index (χ0n) is 13.6. The number of aryl methyl sites for hydroxylation is 2. The lowest BCUT2D eigenvalue weighted by Crippen LogP contribution is -2.20. The number of nitrogens with zero attached hydrogens (tertiary/aromatic N) is 2. The van der Waals surface area contributed by atoms with Gasteiger partial charge in [0.05, 0.1) is 23.7 Å². The molecule has 0 bridgehead atoms. The third-order valence-corrected chi connectivity index (χ3v) is 4.63. The number of hydrogen-bond donors (Lipinski definition) is 1. The van der Waals surface area contributed by atoms with Crippen LogP contribution in [0.3, 0.4) is 0 Å². The summed E-state index contributed by atoms with van der Waals surface area (Å²) in [5.41, 5.74) is 2.13. The minimum atomic E-state index is -0.459. The van der Waals surface area contributed by atoms with E-state index in [1.807, 2.05) is 42.7 Å². The molecule has 24 heavy (non-hydrogen) atoms. The van der Waals surface area contributed by atoms with Crippen molar-refractivity contribution in [3.8, 4) is 0 Å². The molecule has 0 aliphatic carbocycles. The van der Waals surface area contributed by atoms with Gasteiger partial charge in [-0.25, -0.2) is 9.78 Å². The molecule has 1 N–H and O–H groups in total. The fourth-order valence-corrected chi connectivity index (χ4v) is 3.49. The van der Waals surface area contributed by atoms with Crippen molar-refractivity contribution in [3.63, 3.8) is 0 Å². The second-order valence-corrected chi connectivity index (χ2v) is 6.63. The zero-order valence-corrected chi connectivity index (χ0v) is 14.4. The molecule has 2 aromatic heterocycles. The van der Waals surface area contributed by atoms with Crippen LogP contribution in [0.1, 0.15) is 21.1 Å². The van der Waals surface area contributed by atoms with Gasteiger partial charge in [0.2, 0.25) is 5.91 Å². The number of amides is 1. The number of fused-ring (bicyclic) bond motifs is 1. The average Bonchev–Trinajstić information content (AvgIpc) is 3.07. The quantitative estimate of drug-likeness (QED) is 0.739. The third-order valence-electron chi connectivity index (χ3n) is 3.66. The van der Waals surface area contributed by atoms with E-state index in [9.17, 15) is 9.59 Å². The summed E-state index contributed by atoms with van der Waals surface area (Å²) in [6, 6.07) is 9.38. The van der Waals surface area contributed by atoms with Gasteiger partial charge >= 0.3 is 5.97 Å². The molecule has 7 heteroatoms. The molecule has 0 radical (unpaired) electrons. The van der Waals surface area contributed by atoms with E-state index in [1.54, 1.807) is 6.07 Å². The van der Waals surface area contributed by atoms with Crippen LogP contribution in [0.15, 0.2) is 30.3 Å². The molecule has 3 aromatic rings. The van der Waals surface area contributed by atoms with E-state index < -0.39 is 5.97 Å². The van der Waals surface area contributed by atoms with Crippen LogP contribution in [0, 0.1) is 13.8 Å². The van der Waals surface area contributed by atoms with Crippen LogP contribution in [0.4, 0.5) is 5.00 Å². The number of para-hydroxylation sites is 2. The van der Waals surface area contributed by atoms with Gasteiger partial charge in [-0.3, -0.25) is 4.79 Å². The SMILES string of the molecule is COC(=O)c1cc(C)sc1NC(=O)Cn1c(C)nc2ccccc21. The summed E-state index contributed by atoms with van der Waals surface area (Å²) in [4.78, 5) is 29.6. The molecule has 0 unspecified atom stereocenters. The molecule has 1 aromatic carbocycles. The number of imidazole rings is 1. The summed E-state index contributed by atoms with van der Waals surface area (Å²) in [5.74, 6) is 0.0917. The molecule has 0 fully saturated rings. The monoisotopic (exact) mass is 343 g/mol. The van der Waals surface area contributed by atoms with Crippen molar-refractivity contribution in [3.05, 3.63) is 46.6 Å². The van der Waals surface area contributed by atoms with E-state index in [1.165, 1.54) is 18.4 Å². The highest BCUT2D eigenvalue weighted by atomic mass is 32.1. The normalized spacial score (nSPS) is 10.8. The number of benzene rings is 1. The highest BCUT2D eigenvalue weighted by Gasteiger charge is 2.18. The van der Waals surface area contributed by atoms with Gasteiger partial charge in [-0.2, -0.15) is 0 Å². The summed E-state index contributed by atoms with van der Waals surface area (Å²) < 4.78 is 6.61. The van der Waals surface area contributed by atoms with Gasteiger partial charge in [-0.15, -0.1) is 11.3 Å². The van der Waals surface area contributed by atoms with E-state index in [4.69, 9.17) is 4.74 Å². The number of aromatic nitrogens is 2. The second-order valence-electron chi connectivity index (χ2n) is 5.37. The van der Waals surface area contributed by atoms with Crippen molar-refractivity contribution in [2.75, 3.05) is 12.4 Å². The first-order chi connectivity index (χ1) is 11.5. The van der Waals surface area contributed by atoms with E-state index >= 15 is 0 Å². The number of carbonyl (C=O) groups excluding carboxylic acids is 2. The van der Waals surface area contributed by atoms with Gasteiger partial charge in [0, 0.05) is 4.88 Å². The van der Waals surface area contributed by atoms with Gasteiger partial charge in [0.1, 0.15) is 17.4 Å². The van der Waals surface area contributed by atoms with Crippen molar-refractivity contribution in [1.29, 1.82) is 0 Å². The van der Waals surface area contributed by atoms with Gasteiger partial charge < -0.3 is 14.6 Å².